The maximum atomic E-state index is 12.6. The Hall–Kier alpha value is -2.66. The molecule has 120 valence electrons. The van der Waals surface area contributed by atoms with E-state index < -0.39 is 0 Å². The molecule has 5 heteroatoms. The molecule has 3 rings (SSSR count). The minimum Gasteiger partial charge on any atom is -0.340 e. The molecule has 0 aliphatic heterocycles. The van der Waals surface area contributed by atoms with Crippen LogP contribution in [-0.4, -0.2) is 10.9 Å². The highest BCUT2D eigenvalue weighted by Gasteiger charge is 2.13. The lowest BCUT2D eigenvalue weighted by Crippen LogP contribution is -2.14. The number of halogens is 1. The molecular weight excluding hydrogens is 366 g/mol. The number of aryl methyl sites for hydroxylation is 1. The number of carbonyl (C=O) groups is 1. The smallest absolute Gasteiger partial charge is 0.259 e. The summed E-state index contributed by atoms with van der Waals surface area (Å²) in [5.74, 6) is 0.310. The third-order valence-corrected chi connectivity index (χ3v) is 3.94. The molecule has 0 saturated carbocycles. The second kappa shape index (κ2) is 7.27. The number of anilines is 3. The Morgan fingerprint density at radius 1 is 1.00 bits per heavy atom. The molecule has 2 aromatic carbocycles. The van der Waals surface area contributed by atoms with Crippen molar-refractivity contribution in [1.82, 2.24) is 4.98 Å². The lowest BCUT2D eigenvalue weighted by atomic mass is 10.2. The average molecular weight is 382 g/mol. The number of hydrogen-bond acceptors (Lipinski definition) is 3. The predicted molar refractivity (Wildman–Crippen MR) is 101 cm³/mol. The third kappa shape index (κ3) is 4.00. The van der Waals surface area contributed by atoms with Crippen molar-refractivity contribution in [1.29, 1.82) is 0 Å². The van der Waals surface area contributed by atoms with Gasteiger partial charge < -0.3 is 10.6 Å². The summed E-state index contributed by atoms with van der Waals surface area (Å²) in [7, 11) is 0. The van der Waals surface area contributed by atoms with E-state index in [9.17, 15) is 4.79 Å². The topological polar surface area (TPSA) is 54.0 Å². The number of amides is 1. The molecule has 0 saturated heterocycles. The van der Waals surface area contributed by atoms with Crippen LogP contribution in [0.5, 0.6) is 0 Å². The van der Waals surface area contributed by atoms with Gasteiger partial charge in [0, 0.05) is 22.0 Å². The van der Waals surface area contributed by atoms with Crippen molar-refractivity contribution in [2.45, 2.75) is 6.92 Å². The van der Waals surface area contributed by atoms with Crippen LogP contribution in [0.3, 0.4) is 0 Å². The molecule has 1 aromatic heterocycles. The van der Waals surface area contributed by atoms with Gasteiger partial charge in [0.1, 0.15) is 5.82 Å². The van der Waals surface area contributed by atoms with E-state index in [1.807, 2.05) is 55.5 Å². The van der Waals surface area contributed by atoms with Gasteiger partial charge in [-0.05, 0) is 49.4 Å². The van der Waals surface area contributed by atoms with E-state index >= 15 is 0 Å². The minimum atomic E-state index is -0.204. The van der Waals surface area contributed by atoms with Crippen molar-refractivity contribution >= 4 is 39.0 Å². The summed E-state index contributed by atoms with van der Waals surface area (Å²) in [4.78, 5) is 16.9. The van der Waals surface area contributed by atoms with Gasteiger partial charge in [-0.2, -0.15) is 0 Å². The molecule has 24 heavy (non-hydrogen) atoms. The van der Waals surface area contributed by atoms with E-state index in [4.69, 9.17) is 0 Å². The fourth-order valence-corrected chi connectivity index (χ4v) is 2.63. The van der Waals surface area contributed by atoms with E-state index in [-0.39, 0.29) is 5.91 Å². The normalized spacial score (nSPS) is 10.2. The van der Waals surface area contributed by atoms with Crippen LogP contribution in [0.2, 0.25) is 0 Å². The zero-order valence-electron chi connectivity index (χ0n) is 13.1. The summed E-state index contributed by atoms with van der Waals surface area (Å²) < 4.78 is 0.953. The average Bonchev–Trinajstić information content (AvgIpc) is 2.57. The zero-order chi connectivity index (χ0) is 16.9. The largest absolute Gasteiger partial charge is 0.340 e. The molecule has 0 aliphatic carbocycles. The van der Waals surface area contributed by atoms with Gasteiger partial charge in [0.25, 0.3) is 5.91 Å². The summed E-state index contributed by atoms with van der Waals surface area (Å²) in [5.41, 5.74) is 3.24. The highest BCUT2D eigenvalue weighted by molar-refractivity contribution is 9.10. The van der Waals surface area contributed by atoms with Gasteiger partial charge in [0.2, 0.25) is 0 Å². The summed E-state index contributed by atoms with van der Waals surface area (Å²) in [6, 6.07) is 18.9. The Morgan fingerprint density at radius 3 is 2.54 bits per heavy atom. The Balaban J connectivity index is 1.83. The van der Waals surface area contributed by atoms with Crippen LogP contribution in [0.15, 0.2) is 71.3 Å². The summed E-state index contributed by atoms with van der Waals surface area (Å²) >= 11 is 3.43. The molecular formula is C19H16BrN3O. The molecule has 0 aliphatic rings. The van der Waals surface area contributed by atoms with Gasteiger partial charge in [-0.1, -0.05) is 39.7 Å². The van der Waals surface area contributed by atoms with E-state index in [1.165, 1.54) is 0 Å². The Morgan fingerprint density at radius 2 is 1.79 bits per heavy atom. The van der Waals surface area contributed by atoms with Crippen LogP contribution in [0, 0.1) is 6.92 Å². The number of aromatic nitrogens is 1. The number of rotatable bonds is 4. The van der Waals surface area contributed by atoms with Crippen molar-refractivity contribution in [3.8, 4) is 0 Å². The maximum Gasteiger partial charge on any atom is 0.259 e. The molecule has 2 N–H and O–H groups in total. The summed E-state index contributed by atoms with van der Waals surface area (Å²) in [6.45, 7) is 2.01. The molecule has 0 atom stereocenters. The lowest BCUT2D eigenvalue weighted by molar-refractivity contribution is 0.102. The highest BCUT2D eigenvalue weighted by atomic mass is 79.9. The number of pyridine rings is 1. The van der Waals surface area contributed by atoms with Gasteiger partial charge in [-0.25, -0.2) is 4.98 Å². The van der Waals surface area contributed by atoms with Gasteiger partial charge in [0.05, 0.1) is 5.56 Å². The molecule has 0 unspecified atom stereocenters. The number of nitrogens with one attached hydrogen (secondary N) is 2. The molecule has 4 nitrogen and oxygen atoms in total. The zero-order valence-corrected chi connectivity index (χ0v) is 14.7. The van der Waals surface area contributed by atoms with Gasteiger partial charge in [-0.3, -0.25) is 4.79 Å². The predicted octanol–water partition coefficient (Wildman–Crippen LogP) is 5.15. The number of carbonyl (C=O) groups excluding carboxylic acids is 1. The molecule has 3 aromatic rings. The first-order chi connectivity index (χ1) is 11.6. The van der Waals surface area contributed by atoms with Crippen LogP contribution < -0.4 is 10.6 Å². The third-order valence-electron chi connectivity index (χ3n) is 3.45. The second-order valence-electron chi connectivity index (χ2n) is 5.36. The minimum absolute atomic E-state index is 0.204. The van der Waals surface area contributed by atoms with Gasteiger partial charge >= 0.3 is 0 Å². The maximum absolute atomic E-state index is 12.6. The van der Waals surface area contributed by atoms with Crippen LogP contribution in [0.1, 0.15) is 15.9 Å². The summed E-state index contributed by atoms with van der Waals surface area (Å²) in [6.07, 6.45) is 1.66. The van der Waals surface area contributed by atoms with Crippen molar-refractivity contribution in [2.75, 3.05) is 10.6 Å². The van der Waals surface area contributed by atoms with E-state index in [0.717, 1.165) is 21.4 Å². The van der Waals surface area contributed by atoms with Crippen LogP contribution in [0.25, 0.3) is 0 Å². The lowest BCUT2D eigenvalue weighted by Gasteiger charge is -2.11. The Kier molecular flexibility index (Phi) is 4.91. The van der Waals surface area contributed by atoms with Crippen molar-refractivity contribution in [3.05, 3.63) is 82.5 Å². The van der Waals surface area contributed by atoms with Gasteiger partial charge in [-0.15, -0.1) is 0 Å². The van der Waals surface area contributed by atoms with Gasteiger partial charge in [0.15, 0.2) is 0 Å². The Labute approximate surface area is 149 Å². The van der Waals surface area contributed by atoms with E-state index in [2.05, 4.69) is 31.5 Å². The molecule has 0 radical (unpaired) electrons. The molecule has 0 fully saturated rings. The van der Waals surface area contributed by atoms with Crippen molar-refractivity contribution in [2.24, 2.45) is 0 Å². The van der Waals surface area contributed by atoms with E-state index in [1.54, 1.807) is 18.3 Å². The van der Waals surface area contributed by atoms with Crippen molar-refractivity contribution in [3.63, 3.8) is 0 Å². The SMILES string of the molecule is Cc1ccc(NC(=O)c2cccnc2Nc2cccc(Br)c2)cc1. The number of nitrogens with zero attached hydrogens (tertiary/aromatic N) is 1. The molecule has 0 spiro atoms. The molecule has 1 heterocycles. The number of hydrogen-bond donors (Lipinski definition) is 2. The van der Waals surface area contributed by atoms with Crippen LogP contribution in [0.4, 0.5) is 17.2 Å². The molecule has 0 bridgehead atoms. The van der Waals surface area contributed by atoms with Crippen LogP contribution in [-0.2, 0) is 0 Å². The molecule has 1 amide bonds. The fraction of sp³-hybridized carbons (Fsp3) is 0.0526. The first-order valence-electron chi connectivity index (χ1n) is 7.47. The monoisotopic (exact) mass is 381 g/mol. The van der Waals surface area contributed by atoms with Crippen LogP contribution >= 0.6 is 15.9 Å². The Bertz CT molecular complexity index is 862. The first-order valence-corrected chi connectivity index (χ1v) is 8.27. The quantitative estimate of drug-likeness (QED) is 0.656. The standard InChI is InChI=1S/C19H16BrN3O/c1-13-7-9-15(10-8-13)23-19(24)17-6-3-11-21-18(17)22-16-5-2-4-14(20)12-16/h2-12H,1H3,(H,21,22)(H,23,24). The van der Waals surface area contributed by atoms with E-state index in [0.29, 0.717) is 11.4 Å². The van der Waals surface area contributed by atoms with Crippen molar-refractivity contribution < 1.29 is 4.79 Å². The highest BCUT2D eigenvalue weighted by Crippen LogP contribution is 2.22. The second-order valence-corrected chi connectivity index (χ2v) is 6.27. The fourth-order valence-electron chi connectivity index (χ4n) is 2.23. The summed E-state index contributed by atoms with van der Waals surface area (Å²) in [5, 5.41) is 6.08. The number of benzene rings is 2. The first kappa shape index (κ1) is 16.2.